The average molecular weight is 377 g/mol. The van der Waals surface area contributed by atoms with Gasteiger partial charge in [-0.15, -0.1) is 0 Å². The first-order valence-corrected chi connectivity index (χ1v) is 8.83. The molecule has 0 radical (unpaired) electrons. The molecule has 2 N–H and O–H groups in total. The molecule has 0 heterocycles. The lowest BCUT2D eigenvalue weighted by Gasteiger charge is -2.35. The Balaban J connectivity index is 0.000000640. The van der Waals surface area contributed by atoms with Gasteiger partial charge in [-0.3, -0.25) is 7.32 Å². The van der Waals surface area contributed by atoms with E-state index in [2.05, 4.69) is 32.0 Å². The molecule has 5 nitrogen and oxygen atoms in total. The molecular weight excluding hydrogens is 355 g/mol. The maximum absolute atomic E-state index is 10.2. The molecule has 0 aromatic heterocycles. The molecule has 146 valence electrons. The van der Waals surface area contributed by atoms with E-state index in [0.717, 1.165) is 16.7 Å². The van der Waals surface area contributed by atoms with E-state index in [-0.39, 0.29) is 11.2 Å². The number of hydrogen-bond acceptors (Lipinski definition) is 5. The predicted octanol–water partition coefficient (Wildman–Crippen LogP) is 1.07. The normalized spacial score (nSPS) is 10.8. The van der Waals surface area contributed by atoms with Gasteiger partial charge in [0.1, 0.15) is 11.5 Å². The molecule has 0 unspecified atom stereocenters. The molecular formula is C22H22BO5-3. The van der Waals surface area contributed by atoms with E-state index in [1.807, 2.05) is 36.4 Å². The molecule has 0 aliphatic rings. The number of hydrogen-bond donors (Lipinski definition) is 2. The van der Waals surface area contributed by atoms with Crippen molar-refractivity contribution < 1.29 is 25.3 Å². The van der Waals surface area contributed by atoms with Crippen molar-refractivity contribution in [2.45, 2.75) is 25.7 Å². The quantitative estimate of drug-likeness (QED) is 0.661. The molecule has 0 saturated carbocycles. The molecule has 3 aromatic rings. The summed E-state index contributed by atoms with van der Waals surface area (Å²) in [4.78, 5) is 0. The summed E-state index contributed by atoms with van der Waals surface area (Å²) in [5.74, 6) is 0.592. The highest BCUT2D eigenvalue weighted by Crippen LogP contribution is 2.35. The summed E-state index contributed by atoms with van der Waals surface area (Å²) in [5.41, 5.74) is 4.14. The van der Waals surface area contributed by atoms with Gasteiger partial charge in [0, 0.05) is 11.8 Å². The van der Waals surface area contributed by atoms with Gasteiger partial charge in [0.2, 0.25) is 0 Å². The number of aromatic hydroxyl groups is 2. The minimum atomic E-state index is -2.92. The van der Waals surface area contributed by atoms with E-state index >= 15 is 0 Å². The standard InChI is InChI=1S/C22H22O2.BO3/c1-22(2,18-8-11-20(23)12-9-18)19-10-13-21(24)17(15-19)14-16-6-4-3-5-7-16;2-1(3)4/h3-13,15,23-24H,14H2,1-2H3;/q;-3. The average Bonchev–Trinajstić information content (AvgIpc) is 2.64. The molecule has 0 bridgehead atoms. The second kappa shape index (κ2) is 9.42. The van der Waals surface area contributed by atoms with Gasteiger partial charge in [0.25, 0.3) is 0 Å². The number of rotatable bonds is 4. The van der Waals surface area contributed by atoms with Crippen molar-refractivity contribution in [1.29, 1.82) is 0 Å². The van der Waals surface area contributed by atoms with E-state index in [1.54, 1.807) is 18.2 Å². The monoisotopic (exact) mass is 377 g/mol. The largest absolute Gasteiger partial charge is 0.907 e. The van der Waals surface area contributed by atoms with Crippen LogP contribution in [0.1, 0.15) is 36.1 Å². The van der Waals surface area contributed by atoms with Crippen LogP contribution in [0.25, 0.3) is 0 Å². The lowest BCUT2D eigenvalue weighted by Crippen LogP contribution is -2.56. The summed E-state index contributed by atoms with van der Waals surface area (Å²) >= 11 is 0. The molecule has 0 spiro atoms. The van der Waals surface area contributed by atoms with Crippen molar-refractivity contribution in [3.8, 4) is 11.5 Å². The van der Waals surface area contributed by atoms with Crippen LogP contribution in [0.3, 0.4) is 0 Å². The minimum Gasteiger partial charge on any atom is -0.907 e. The van der Waals surface area contributed by atoms with Crippen molar-refractivity contribution in [3.05, 3.63) is 95.1 Å². The van der Waals surface area contributed by atoms with Crippen LogP contribution in [0.15, 0.2) is 72.8 Å². The smallest absolute Gasteiger partial charge is 0.119 e. The van der Waals surface area contributed by atoms with Crippen LogP contribution in [-0.2, 0) is 11.8 Å². The van der Waals surface area contributed by atoms with Gasteiger partial charge in [-0.2, -0.15) is 0 Å². The molecule has 3 aromatic carbocycles. The Morgan fingerprint density at radius 2 is 1.32 bits per heavy atom. The van der Waals surface area contributed by atoms with Crippen molar-refractivity contribution in [3.63, 3.8) is 0 Å². The van der Waals surface area contributed by atoms with Gasteiger partial charge < -0.3 is 25.3 Å². The van der Waals surface area contributed by atoms with Crippen LogP contribution >= 0.6 is 0 Å². The first kappa shape index (κ1) is 21.5. The van der Waals surface area contributed by atoms with Gasteiger partial charge in [0.15, 0.2) is 0 Å². The number of phenols is 2. The zero-order valence-corrected chi connectivity index (χ0v) is 15.8. The molecule has 6 heteroatoms. The molecule has 0 fully saturated rings. The summed E-state index contributed by atoms with van der Waals surface area (Å²) in [7, 11) is -2.92. The van der Waals surface area contributed by atoms with E-state index in [1.165, 1.54) is 5.56 Å². The fourth-order valence-electron chi connectivity index (χ4n) is 2.98. The maximum atomic E-state index is 10.2. The molecule has 0 amide bonds. The predicted molar refractivity (Wildman–Crippen MR) is 103 cm³/mol. The summed E-state index contributed by atoms with van der Waals surface area (Å²) in [6.07, 6.45) is 0.701. The van der Waals surface area contributed by atoms with Crippen LogP contribution in [-0.4, -0.2) is 17.5 Å². The van der Waals surface area contributed by atoms with Gasteiger partial charge in [-0.05, 0) is 40.5 Å². The number of phenolic OH excluding ortho intramolecular Hbond substituents is 2. The Morgan fingerprint density at radius 1 is 0.786 bits per heavy atom. The van der Waals surface area contributed by atoms with Crippen LogP contribution in [0.4, 0.5) is 0 Å². The van der Waals surface area contributed by atoms with Gasteiger partial charge in [-0.25, -0.2) is 0 Å². The third-order valence-corrected chi connectivity index (χ3v) is 4.63. The van der Waals surface area contributed by atoms with Gasteiger partial charge in [-0.1, -0.05) is 68.4 Å². The molecule has 0 aliphatic heterocycles. The van der Waals surface area contributed by atoms with Gasteiger partial charge >= 0.3 is 0 Å². The van der Waals surface area contributed by atoms with E-state index in [9.17, 15) is 10.2 Å². The Morgan fingerprint density at radius 3 is 1.89 bits per heavy atom. The second-order valence-corrected chi connectivity index (χ2v) is 6.97. The highest BCUT2D eigenvalue weighted by atomic mass is 16.5. The number of benzene rings is 3. The fourth-order valence-corrected chi connectivity index (χ4v) is 2.98. The first-order chi connectivity index (χ1) is 13.2. The second-order valence-electron chi connectivity index (χ2n) is 6.97. The Hall–Kier alpha value is -2.80. The van der Waals surface area contributed by atoms with Crippen LogP contribution < -0.4 is 15.1 Å². The van der Waals surface area contributed by atoms with Crippen LogP contribution in [0.5, 0.6) is 11.5 Å². The van der Waals surface area contributed by atoms with Crippen molar-refractivity contribution in [2.24, 2.45) is 0 Å². The summed E-state index contributed by atoms with van der Waals surface area (Å²) < 4.78 is 0. The third-order valence-electron chi connectivity index (χ3n) is 4.63. The molecule has 0 aliphatic carbocycles. The SMILES string of the molecule is CC(C)(c1ccc(O)cc1)c1ccc(O)c(Cc2ccccc2)c1.[O-]B([O-])[O-]. The molecule has 0 atom stereocenters. The fraction of sp³-hybridized carbons (Fsp3) is 0.182. The summed E-state index contributed by atoms with van der Waals surface area (Å²) in [6.45, 7) is 4.30. The van der Waals surface area contributed by atoms with Gasteiger partial charge in [0.05, 0.1) is 0 Å². The zero-order chi connectivity index (χ0) is 20.7. The van der Waals surface area contributed by atoms with Crippen LogP contribution in [0, 0.1) is 0 Å². The zero-order valence-electron chi connectivity index (χ0n) is 15.8. The van der Waals surface area contributed by atoms with E-state index in [4.69, 9.17) is 15.1 Å². The highest BCUT2D eigenvalue weighted by molar-refractivity contribution is 6.24. The summed E-state index contributed by atoms with van der Waals surface area (Å²) in [5, 5.41) is 45.0. The maximum Gasteiger partial charge on any atom is 0.119 e. The molecule has 0 saturated heterocycles. The van der Waals surface area contributed by atoms with E-state index in [0.29, 0.717) is 12.2 Å². The van der Waals surface area contributed by atoms with Crippen molar-refractivity contribution in [1.82, 2.24) is 0 Å². The molecule has 28 heavy (non-hydrogen) atoms. The topological polar surface area (TPSA) is 110 Å². The third kappa shape index (κ3) is 5.86. The van der Waals surface area contributed by atoms with E-state index < -0.39 is 7.32 Å². The lowest BCUT2D eigenvalue weighted by molar-refractivity contribution is -0.479. The Kier molecular flexibility index (Phi) is 7.23. The molecule has 3 rings (SSSR count). The lowest BCUT2D eigenvalue weighted by atomic mass is 9.77. The van der Waals surface area contributed by atoms with Crippen LogP contribution in [0.2, 0.25) is 0 Å². The summed E-state index contributed by atoms with van der Waals surface area (Å²) in [6, 6.07) is 23.3. The minimum absolute atomic E-state index is 0.215. The Bertz CT molecular complexity index is 874. The highest BCUT2D eigenvalue weighted by Gasteiger charge is 2.24. The van der Waals surface area contributed by atoms with Crippen molar-refractivity contribution in [2.75, 3.05) is 0 Å². The van der Waals surface area contributed by atoms with Crippen molar-refractivity contribution >= 4 is 7.32 Å². The first-order valence-electron chi connectivity index (χ1n) is 8.83. The Labute approximate surface area is 165 Å².